The van der Waals surface area contributed by atoms with Gasteiger partial charge in [0.15, 0.2) is 0 Å². The van der Waals surface area contributed by atoms with Crippen molar-refractivity contribution in [3.63, 3.8) is 0 Å². The van der Waals surface area contributed by atoms with Crippen molar-refractivity contribution in [3.05, 3.63) is 89.7 Å². The number of pyridine rings is 1. The molecule has 0 bridgehead atoms. The van der Waals surface area contributed by atoms with Crippen molar-refractivity contribution >= 4 is 21.6 Å². The van der Waals surface area contributed by atoms with E-state index in [4.69, 9.17) is 4.74 Å². The van der Waals surface area contributed by atoms with E-state index in [9.17, 15) is 13.2 Å². The van der Waals surface area contributed by atoms with E-state index in [1.54, 1.807) is 35.5 Å². The normalized spacial score (nSPS) is 19.5. The summed E-state index contributed by atoms with van der Waals surface area (Å²) in [4.78, 5) is 19.7. The van der Waals surface area contributed by atoms with Gasteiger partial charge < -0.3 is 9.64 Å². The Kier molecular flexibility index (Phi) is 6.58. The van der Waals surface area contributed by atoms with Crippen molar-refractivity contribution in [2.24, 2.45) is 0 Å². The van der Waals surface area contributed by atoms with Crippen molar-refractivity contribution in [2.75, 3.05) is 17.5 Å². The average molecular weight is 492 g/mol. The van der Waals surface area contributed by atoms with Gasteiger partial charge in [-0.3, -0.25) is 14.1 Å². The van der Waals surface area contributed by atoms with E-state index in [0.717, 1.165) is 24.0 Å². The Morgan fingerprint density at radius 2 is 2.00 bits per heavy atom. The van der Waals surface area contributed by atoms with Gasteiger partial charge in [0.25, 0.3) is 15.9 Å². The van der Waals surface area contributed by atoms with Crippen LogP contribution < -0.4 is 4.31 Å². The van der Waals surface area contributed by atoms with Gasteiger partial charge in [-0.2, -0.15) is 0 Å². The highest BCUT2D eigenvalue weighted by Crippen LogP contribution is 2.36. The quantitative estimate of drug-likeness (QED) is 0.498. The molecular weight excluding hydrogens is 462 g/mol. The highest BCUT2D eigenvalue weighted by atomic mass is 32.2. The van der Waals surface area contributed by atoms with E-state index in [1.807, 2.05) is 43.3 Å². The molecule has 7 nitrogen and oxygen atoms in total. The zero-order valence-corrected chi connectivity index (χ0v) is 20.5. The van der Waals surface area contributed by atoms with Gasteiger partial charge >= 0.3 is 0 Å². The number of carbonyl (C=O) groups is 1. The predicted molar refractivity (Wildman–Crippen MR) is 134 cm³/mol. The summed E-state index contributed by atoms with van der Waals surface area (Å²) in [5.41, 5.74) is 2.96. The van der Waals surface area contributed by atoms with Crippen LogP contribution in [0.25, 0.3) is 0 Å². The van der Waals surface area contributed by atoms with Crippen LogP contribution in [-0.2, 0) is 27.7 Å². The molecule has 3 heterocycles. The Balaban J connectivity index is 1.44. The molecule has 1 saturated heterocycles. The molecule has 0 aliphatic carbocycles. The fourth-order valence-electron chi connectivity index (χ4n) is 4.95. The fourth-order valence-corrected chi connectivity index (χ4v) is 6.69. The maximum atomic E-state index is 13.7. The largest absolute Gasteiger partial charge is 0.376 e. The smallest absolute Gasteiger partial charge is 0.264 e. The number of rotatable bonds is 7. The Morgan fingerprint density at radius 1 is 1.14 bits per heavy atom. The third kappa shape index (κ3) is 4.81. The number of carbonyl (C=O) groups excluding carboxylic acids is 1. The highest BCUT2D eigenvalue weighted by molar-refractivity contribution is 7.92. The van der Waals surface area contributed by atoms with Crippen LogP contribution in [0.4, 0.5) is 5.69 Å². The molecule has 2 aliphatic rings. The summed E-state index contributed by atoms with van der Waals surface area (Å²) in [7, 11) is -3.84. The third-order valence-electron chi connectivity index (χ3n) is 6.61. The van der Waals surface area contributed by atoms with E-state index in [-0.39, 0.29) is 22.9 Å². The van der Waals surface area contributed by atoms with Crippen molar-refractivity contribution < 1.29 is 17.9 Å². The van der Waals surface area contributed by atoms with Crippen LogP contribution in [0.2, 0.25) is 0 Å². The molecular formula is C27H29N3O4S. The first-order valence-corrected chi connectivity index (χ1v) is 13.4. The summed E-state index contributed by atoms with van der Waals surface area (Å²) in [5, 5.41) is 0. The predicted octanol–water partition coefficient (Wildman–Crippen LogP) is 4.04. The molecule has 2 aromatic carbocycles. The molecule has 2 atom stereocenters. The number of hydrogen-bond donors (Lipinski definition) is 0. The first kappa shape index (κ1) is 23.5. The number of fused-ring (bicyclic) bond motifs is 1. The van der Waals surface area contributed by atoms with Gasteiger partial charge in [0.1, 0.15) is 0 Å². The lowest BCUT2D eigenvalue weighted by Gasteiger charge is -2.27. The minimum absolute atomic E-state index is 0.0236. The summed E-state index contributed by atoms with van der Waals surface area (Å²) in [6.07, 6.45) is 5.95. The summed E-state index contributed by atoms with van der Waals surface area (Å²) >= 11 is 0. The zero-order chi connectivity index (χ0) is 24.4. The Hall–Kier alpha value is -3.23. The van der Waals surface area contributed by atoms with Gasteiger partial charge in [0.05, 0.1) is 16.7 Å². The number of sulfonamides is 1. The maximum absolute atomic E-state index is 13.7. The van der Waals surface area contributed by atoms with Gasteiger partial charge in [-0.25, -0.2) is 8.42 Å². The summed E-state index contributed by atoms with van der Waals surface area (Å²) < 4.78 is 34.7. The van der Waals surface area contributed by atoms with Gasteiger partial charge in [-0.1, -0.05) is 30.3 Å². The topological polar surface area (TPSA) is 79.8 Å². The van der Waals surface area contributed by atoms with Crippen LogP contribution in [0.3, 0.4) is 0 Å². The van der Waals surface area contributed by atoms with Gasteiger partial charge in [0.2, 0.25) is 0 Å². The number of ether oxygens (including phenoxy) is 1. The number of aromatic nitrogens is 1. The van der Waals surface area contributed by atoms with Crippen LogP contribution in [0.15, 0.2) is 78.0 Å². The first-order chi connectivity index (χ1) is 16.9. The van der Waals surface area contributed by atoms with Gasteiger partial charge in [-0.05, 0) is 67.6 Å². The molecule has 1 aromatic heterocycles. The summed E-state index contributed by atoms with van der Waals surface area (Å²) in [6.45, 7) is 3.42. The number of hydrogen-bond acceptors (Lipinski definition) is 5. The van der Waals surface area contributed by atoms with Crippen LogP contribution >= 0.6 is 0 Å². The Bertz CT molecular complexity index is 1310. The molecule has 1 amide bonds. The van der Waals surface area contributed by atoms with Crippen molar-refractivity contribution in [1.82, 2.24) is 9.88 Å². The average Bonchev–Trinajstić information content (AvgIpc) is 3.50. The number of para-hydroxylation sites is 1. The molecule has 35 heavy (non-hydrogen) atoms. The standard InChI is InChI=1S/C27H29N3O4S/c1-20-15-22-8-2-3-12-26(22)30(20)35(32,33)25-11-4-9-23(16-25)27(31)29(19-24-10-6-14-34-24)18-21-7-5-13-28-17-21/h2-5,7-9,11-13,16-17,20,24H,6,10,14-15,18-19H2,1H3. The second-order valence-corrected chi connectivity index (χ2v) is 11.0. The van der Waals surface area contributed by atoms with E-state index in [0.29, 0.717) is 37.4 Å². The summed E-state index contributed by atoms with van der Waals surface area (Å²) in [6, 6.07) is 17.5. The molecule has 8 heteroatoms. The van der Waals surface area contributed by atoms with Crippen LogP contribution in [-0.4, -0.2) is 49.5 Å². The molecule has 2 aliphatic heterocycles. The number of benzene rings is 2. The van der Waals surface area contributed by atoms with Crippen molar-refractivity contribution in [2.45, 2.75) is 49.8 Å². The molecule has 0 radical (unpaired) electrons. The van der Waals surface area contributed by atoms with Gasteiger partial charge in [-0.15, -0.1) is 0 Å². The molecule has 0 saturated carbocycles. The number of nitrogens with zero attached hydrogens (tertiary/aromatic N) is 3. The monoisotopic (exact) mass is 491 g/mol. The van der Waals surface area contributed by atoms with Crippen LogP contribution in [0.1, 0.15) is 41.3 Å². The maximum Gasteiger partial charge on any atom is 0.264 e. The molecule has 3 aromatic rings. The molecule has 0 spiro atoms. The Morgan fingerprint density at radius 3 is 2.77 bits per heavy atom. The first-order valence-electron chi connectivity index (χ1n) is 12.0. The molecule has 1 fully saturated rings. The van der Waals surface area contributed by atoms with E-state index < -0.39 is 10.0 Å². The molecule has 2 unspecified atom stereocenters. The lowest BCUT2D eigenvalue weighted by Crippen LogP contribution is -2.37. The number of anilines is 1. The lowest BCUT2D eigenvalue weighted by molar-refractivity contribution is 0.0507. The molecule has 182 valence electrons. The SMILES string of the molecule is CC1Cc2ccccc2N1S(=O)(=O)c1cccc(C(=O)N(Cc2cccnc2)CC2CCCO2)c1. The van der Waals surface area contributed by atoms with E-state index >= 15 is 0 Å². The van der Waals surface area contributed by atoms with Crippen LogP contribution in [0.5, 0.6) is 0 Å². The molecule has 5 rings (SSSR count). The zero-order valence-electron chi connectivity index (χ0n) is 19.7. The minimum Gasteiger partial charge on any atom is -0.376 e. The van der Waals surface area contributed by atoms with E-state index in [1.165, 1.54) is 10.4 Å². The van der Waals surface area contributed by atoms with Crippen molar-refractivity contribution in [1.29, 1.82) is 0 Å². The van der Waals surface area contributed by atoms with Crippen LogP contribution in [0, 0.1) is 0 Å². The second-order valence-electron chi connectivity index (χ2n) is 9.19. The fraction of sp³-hybridized carbons (Fsp3) is 0.333. The second kappa shape index (κ2) is 9.79. The number of amides is 1. The summed E-state index contributed by atoms with van der Waals surface area (Å²) in [5.74, 6) is -0.226. The lowest BCUT2D eigenvalue weighted by atomic mass is 10.1. The van der Waals surface area contributed by atoms with E-state index in [2.05, 4.69) is 4.98 Å². The molecule has 0 N–H and O–H groups in total. The van der Waals surface area contributed by atoms with Gasteiger partial charge in [0, 0.05) is 43.7 Å². The minimum atomic E-state index is -3.84. The highest BCUT2D eigenvalue weighted by Gasteiger charge is 2.36. The third-order valence-corrected chi connectivity index (χ3v) is 8.54. The Labute approximate surface area is 206 Å². The van der Waals surface area contributed by atoms with Crippen molar-refractivity contribution in [3.8, 4) is 0 Å².